The highest BCUT2D eigenvalue weighted by Crippen LogP contribution is 2.43. The maximum Gasteiger partial charge on any atom is 0.161 e. The molecular formula is C59H36N4. The third-order valence-corrected chi connectivity index (χ3v) is 12.4. The van der Waals surface area contributed by atoms with Crippen molar-refractivity contribution in [2.45, 2.75) is 0 Å². The highest BCUT2D eigenvalue weighted by Gasteiger charge is 2.19. The van der Waals surface area contributed by atoms with Crippen molar-refractivity contribution in [3.63, 3.8) is 0 Å². The van der Waals surface area contributed by atoms with E-state index in [1.165, 1.54) is 21.7 Å². The molecule has 2 heterocycles. The third kappa shape index (κ3) is 6.14. The highest BCUT2D eigenvalue weighted by atomic mass is 15.0. The van der Waals surface area contributed by atoms with Crippen molar-refractivity contribution >= 4 is 54.1 Å². The molecule has 4 nitrogen and oxygen atoms in total. The summed E-state index contributed by atoms with van der Waals surface area (Å²) in [5.74, 6) is 0.699. The lowest BCUT2D eigenvalue weighted by atomic mass is 9.88. The van der Waals surface area contributed by atoms with E-state index in [1.807, 2.05) is 30.3 Å². The van der Waals surface area contributed by atoms with Crippen LogP contribution in [-0.4, -0.2) is 14.5 Å². The van der Waals surface area contributed by atoms with E-state index in [0.29, 0.717) is 11.4 Å². The van der Waals surface area contributed by atoms with Gasteiger partial charge >= 0.3 is 0 Å². The molecule has 0 spiro atoms. The van der Waals surface area contributed by atoms with Gasteiger partial charge in [-0.05, 0) is 115 Å². The molecule has 63 heavy (non-hydrogen) atoms. The van der Waals surface area contributed by atoms with Gasteiger partial charge in [0.2, 0.25) is 0 Å². The van der Waals surface area contributed by atoms with Crippen LogP contribution in [0.25, 0.3) is 116 Å². The summed E-state index contributed by atoms with van der Waals surface area (Å²) in [4.78, 5) is 10.5. The molecule has 0 aliphatic rings. The van der Waals surface area contributed by atoms with Gasteiger partial charge in [-0.25, -0.2) is 9.97 Å². The first-order valence-corrected chi connectivity index (χ1v) is 21.2. The van der Waals surface area contributed by atoms with Gasteiger partial charge in [-0.3, -0.25) is 0 Å². The Labute approximate surface area is 364 Å². The van der Waals surface area contributed by atoms with E-state index in [2.05, 4.69) is 199 Å². The van der Waals surface area contributed by atoms with Crippen LogP contribution in [-0.2, 0) is 0 Å². The lowest BCUT2D eigenvalue weighted by Crippen LogP contribution is -1.97. The lowest BCUT2D eigenvalue weighted by molar-refractivity contribution is 1.18. The van der Waals surface area contributed by atoms with Crippen LogP contribution in [0.5, 0.6) is 0 Å². The molecule has 2 aromatic heterocycles. The predicted octanol–water partition coefficient (Wildman–Crippen LogP) is 15.2. The molecule has 0 saturated heterocycles. The zero-order chi connectivity index (χ0) is 41.9. The monoisotopic (exact) mass is 800 g/mol. The molecule has 0 atom stereocenters. The Morgan fingerprint density at radius 2 is 0.810 bits per heavy atom. The van der Waals surface area contributed by atoms with E-state index in [-0.39, 0.29) is 0 Å². The number of fused-ring (bicyclic) bond motifs is 8. The molecule has 0 N–H and O–H groups in total. The molecule has 4 heteroatoms. The average molecular weight is 801 g/mol. The van der Waals surface area contributed by atoms with Gasteiger partial charge in [-0.2, -0.15) is 5.26 Å². The van der Waals surface area contributed by atoms with Crippen molar-refractivity contribution in [3.05, 3.63) is 224 Å². The van der Waals surface area contributed by atoms with Crippen LogP contribution in [0, 0.1) is 11.3 Å². The number of para-hydroxylation sites is 1. The zero-order valence-corrected chi connectivity index (χ0v) is 34.1. The minimum absolute atomic E-state index is 0.652. The molecular weight excluding hydrogens is 765 g/mol. The second-order valence-corrected chi connectivity index (χ2v) is 16.1. The quantitative estimate of drug-likeness (QED) is 0.157. The zero-order valence-electron chi connectivity index (χ0n) is 34.1. The molecule has 0 amide bonds. The van der Waals surface area contributed by atoms with E-state index < -0.39 is 0 Å². The molecule has 12 aromatic rings. The number of rotatable bonds is 6. The highest BCUT2D eigenvalue weighted by molar-refractivity contribution is 6.23. The third-order valence-electron chi connectivity index (χ3n) is 12.4. The number of aromatic nitrogens is 3. The Bertz CT molecular complexity index is 3710. The van der Waals surface area contributed by atoms with E-state index in [1.54, 1.807) is 0 Å². The van der Waals surface area contributed by atoms with E-state index in [0.717, 1.165) is 88.4 Å². The molecule has 0 unspecified atom stereocenters. The molecule has 0 fully saturated rings. The summed E-state index contributed by atoms with van der Waals surface area (Å²) in [6, 6.07) is 79.3. The summed E-state index contributed by atoms with van der Waals surface area (Å²) in [6.45, 7) is 0. The number of hydrogen-bond acceptors (Lipinski definition) is 3. The van der Waals surface area contributed by atoms with Crippen molar-refractivity contribution in [2.24, 2.45) is 0 Å². The number of nitriles is 1. The summed E-state index contributed by atoms with van der Waals surface area (Å²) in [6.07, 6.45) is 0. The fourth-order valence-electron chi connectivity index (χ4n) is 9.43. The average Bonchev–Trinajstić information content (AvgIpc) is 3.69. The van der Waals surface area contributed by atoms with Crippen LogP contribution >= 0.6 is 0 Å². The Morgan fingerprint density at radius 1 is 0.333 bits per heavy atom. The van der Waals surface area contributed by atoms with Crippen LogP contribution in [0.15, 0.2) is 218 Å². The van der Waals surface area contributed by atoms with Crippen LogP contribution in [0.3, 0.4) is 0 Å². The first kappa shape index (κ1) is 36.2. The van der Waals surface area contributed by atoms with Crippen molar-refractivity contribution in [2.75, 3.05) is 0 Å². The molecule has 0 saturated carbocycles. The Hall–Kier alpha value is -8.65. The van der Waals surface area contributed by atoms with Gasteiger partial charge in [0.1, 0.15) is 0 Å². The van der Waals surface area contributed by atoms with Crippen LogP contribution in [0.2, 0.25) is 0 Å². The van der Waals surface area contributed by atoms with Gasteiger partial charge in [0, 0.05) is 33.2 Å². The van der Waals surface area contributed by atoms with Crippen molar-refractivity contribution in [1.29, 1.82) is 5.26 Å². The molecule has 10 aromatic carbocycles. The standard InChI is InChI=1S/C59H36N4/c60-37-38-24-30-57-52(32-38)53-33-43(29-31-58(53)63(57)44-18-8-3-9-19-44)39-25-27-40(28-26-39)49-34-50-47-22-12-13-23-48(47)54(35-51(50)46-21-11-10-20-45(46)49)59-61-55(41-14-4-1-5-15-41)36-56(62-59)42-16-6-2-7-17-42/h1-36H. The van der Waals surface area contributed by atoms with Gasteiger partial charge in [-0.15, -0.1) is 0 Å². The molecule has 0 radical (unpaired) electrons. The number of nitrogens with zero attached hydrogens (tertiary/aromatic N) is 4. The molecule has 292 valence electrons. The minimum atomic E-state index is 0.652. The summed E-state index contributed by atoms with van der Waals surface area (Å²) in [7, 11) is 0. The maximum absolute atomic E-state index is 9.81. The fraction of sp³-hybridized carbons (Fsp3) is 0. The summed E-state index contributed by atoms with van der Waals surface area (Å²) in [5.41, 5.74) is 13.4. The minimum Gasteiger partial charge on any atom is -0.309 e. The van der Waals surface area contributed by atoms with E-state index in [4.69, 9.17) is 9.97 Å². The second kappa shape index (κ2) is 14.8. The second-order valence-electron chi connectivity index (χ2n) is 16.1. The normalized spacial score (nSPS) is 11.5. The van der Waals surface area contributed by atoms with Crippen LogP contribution < -0.4 is 0 Å². The topological polar surface area (TPSA) is 54.5 Å². The van der Waals surface area contributed by atoms with E-state index in [9.17, 15) is 5.26 Å². The summed E-state index contributed by atoms with van der Waals surface area (Å²) < 4.78 is 2.28. The van der Waals surface area contributed by atoms with E-state index >= 15 is 0 Å². The largest absolute Gasteiger partial charge is 0.309 e. The number of benzene rings is 10. The Balaban J connectivity index is 1.00. The van der Waals surface area contributed by atoms with Crippen molar-refractivity contribution < 1.29 is 0 Å². The van der Waals surface area contributed by atoms with Gasteiger partial charge in [0.05, 0.1) is 34.1 Å². The Morgan fingerprint density at radius 3 is 1.41 bits per heavy atom. The van der Waals surface area contributed by atoms with Gasteiger partial charge in [-0.1, -0.05) is 158 Å². The first-order chi connectivity index (χ1) is 31.2. The first-order valence-electron chi connectivity index (χ1n) is 21.2. The SMILES string of the molecule is N#Cc1ccc2c(c1)c1cc(-c3ccc(-c4cc5c6ccccc6c(-c6nc(-c7ccccc7)cc(-c7ccccc7)n6)cc5c5ccccc45)cc3)ccc1n2-c1ccccc1. The summed E-state index contributed by atoms with van der Waals surface area (Å²) in [5, 5.41) is 19.0. The van der Waals surface area contributed by atoms with Crippen LogP contribution in [0.4, 0.5) is 0 Å². The molecule has 0 aliphatic heterocycles. The van der Waals surface area contributed by atoms with Crippen molar-refractivity contribution in [3.8, 4) is 67.9 Å². The van der Waals surface area contributed by atoms with Gasteiger partial charge in [0.15, 0.2) is 5.82 Å². The Kier molecular flexibility index (Phi) is 8.52. The molecule has 0 aliphatic carbocycles. The maximum atomic E-state index is 9.81. The molecule has 12 rings (SSSR count). The number of hydrogen-bond donors (Lipinski definition) is 0. The lowest BCUT2D eigenvalue weighted by Gasteiger charge is -2.16. The van der Waals surface area contributed by atoms with Gasteiger partial charge < -0.3 is 4.57 Å². The fourth-order valence-corrected chi connectivity index (χ4v) is 9.43. The van der Waals surface area contributed by atoms with Gasteiger partial charge in [0.25, 0.3) is 0 Å². The smallest absolute Gasteiger partial charge is 0.161 e. The predicted molar refractivity (Wildman–Crippen MR) is 261 cm³/mol. The van der Waals surface area contributed by atoms with Crippen LogP contribution in [0.1, 0.15) is 5.56 Å². The molecule has 0 bridgehead atoms. The van der Waals surface area contributed by atoms with Crippen molar-refractivity contribution in [1.82, 2.24) is 14.5 Å². The summed E-state index contributed by atoms with van der Waals surface area (Å²) >= 11 is 0.